The van der Waals surface area contributed by atoms with Crippen molar-refractivity contribution in [2.24, 2.45) is 17.8 Å². The van der Waals surface area contributed by atoms with E-state index in [0.717, 1.165) is 25.7 Å². The summed E-state index contributed by atoms with van der Waals surface area (Å²) in [5, 5.41) is 0. The van der Waals surface area contributed by atoms with E-state index in [0.29, 0.717) is 50.7 Å². The number of hydrogen-bond acceptors (Lipinski definition) is 3. The summed E-state index contributed by atoms with van der Waals surface area (Å²) in [6.07, 6.45) is -6.35. The Morgan fingerprint density at radius 3 is 1.83 bits per heavy atom. The van der Waals surface area contributed by atoms with Crippen molar-refractivity contribution < 1.29 is 36.2 Å². The standard InChI is InChI=1S/C21H31F5O3/c22-17-11-16(12-18(23)19(17)24)29-21(25,26)15-3-1-13(2-4-15)14-5-7-20(8-6-14)27-9-10-28-20/h13-19H,1-12H2. The van der Waals surface area contributed by atoms with Crippen LogP contribution in [-0.2, 0) is 14.2 Å². The molecule has 0 bridgehead atoms. The minimum absolute atomic E-state index is 0.336. The highest BCUT2D eigenvalue weighted by Crippen LogP contribution is 2.48. The second-order valence-electron chi connectivity index (χ2n) is 9.31. The lowest BCUT2D eigenvalue weighted by molar-refractivity contribution is -0.306. The smallest absolute Gasteiger partial charge is 0.348 e. The Kier molecular flexibility index (Phi) is 6.43. The van der Waals surface area contributed by atoms with Crippen molar-refractivity contribution in [2.45, 2.75) is 101 Å². The lowest BCUT2D eigenvalue weighted by Crippen LogP contribution is -2.45. The van der Waals surface area contributed by atoms with Crippen LogP contribution in [0.4, 0.5) is 22.0 Å². The number of hydrogen-bond donors (Lipinski definition) is 0. The Morgan fingerprint density at radius 1 is 0.759 bits per heavy atom. The summed E-state index contributed by atoms with van der Waals surface area (Å²) >= 11 is 0. The minimum atomic E-state index is -3.43. The fraction of sp³-hybridized carbons (Fsp3) is 1.00. The topological polar surface area (TPSA) is 27.7 Å². The normalized spacial score (nSPS) is 41.7. The van der Waals surface area contributed by atoms with Gasteiger partial charge in [-0.05, 0) is 50.4 Å². The van der Waals surface area contributed by atoms with Crippen molar-refractivity contribution in [3.8, 4) is 0 Å². The molecule has 0 aromatic carbocycles. The van der Waals surface area contributed by atoms with Gasteiger partial charge in [0.2, 0.25) is 0 Å². The third-order valence-corrected chi connectivity index (χ3v) is 7.51. The van der Waals surface area contributed by atoms with Crippen LogP contribution in [0.2, 0.25) is 0 Å². The van der Waals surface area contributed by atoms with E-state index in [2.05, 4.69) is 0 Å². The number of ether oxygens (including phenoxy) is 3. The van der Waals surface area contributed by atoms with Gasteiger partial charge in [0.25, 0.3) is 0 Å². The van der Waals surface area contributed by atoms with Crippen LogP contribution in [-0.4, -0.2) is 49.7 Å². The van der Waals surface area contributed by atoms with Crippen LogP contribution in [0.25, 0.3) is 0 Å². The van der Waals surface area contributed by atoms with Crippen LogP contribution < -0.4 is 0 Å². The molecule has 1 spiro atoms. The molecule has 1 heterocycles. The van der Waals surface area contributed by atoms with Crippen molar-refractivity contribution in [1.82, 2.24) is 0 Å². The molecule has 2 atom stereocenters. The maximum Gasteiger partial charge on any atom is 0.358 e. The summed E-state index contributed by atoms with van der Waals surface area (Å²) in [4.78, 5) is 0. The van der Waals surface area contributed by atoms with Crippen LogP contribution in [0, 0.1) is 17.8 Å². The second kappa shape index (κ2) is 8.58. The molecule has 1 saturated heterocycles. The molecule has 2 unspecified atom stereocenters. The third kappa shape index (κ3) is 4.74. The lowest BCUT2D eigenvalue weighted by Gasteiger charge is -2.42. The van der Waals surface area contributed by atoms with E-state index < -0.39 is 55.3 Å². The highest BCUT2D eigenvalue weighted by Gasteiger charge is 2.49. The molecule has 4 rings (SSSR count). The average molecular weight is 426 g/mol. The first-order valence-electron chi connectivity index (χ1n) is 11.0. The Bertz CT molecular complexity index is 526. The SMILES string of the molecule is FC1CC(OC(F)(F)C2CCC(C3CCC4(CC3)OCCO4)CC2)CC(F)C1F. The summed E-state index contributed by atoms with van der Waals surface area (Å²) in [6, 6.07) is 0. The molecular formula is C21H31F5O3. The Balaban J connectivity index is 1.24. The second-order valence-corrected chi connectivity index (χ2v) is 9.31. The molecule has 8 heteroatoms. The van der Waals surface area contributed by atoms with Crippen LogP contribution in [0.5, 0.6) is 0 Å². The maximum absolute atomic E-state index is 14.6. The first kappa shape index (κ1) is 21.8. The van der Waals surface area contributed by atoms with Gasteiger partial charge in [-0.3, -0.25) is 0 Å². The molecule has 3 aliphatic carbocycles. The molecule has 0 aromatic heterocycles. The van der Waals surface area contributed by atoms with E-state index in [4.69, 9.17) is 14.2 Å². The van der Waals surface area contributed by atoms with Gasteiger partial charge >= 0.3 is 6.11 Å². The van der Waals surface area contributed by atoms with Crippen LogP contribution in [0.15, 0.2) is 0 Å². The summed E-state index contributed by atoms with van der Waals surface area (Å²) in [6.45, 7) is 1.29. The van der Waals surface area contributed by atoms with Gasteiger partial charge in [0.05, 0.1) is 25.2 Å². The molecule has 0 N–H and O–H groups in total. The predicted molar refractivity (Wildman–Crippen MR) is 95.8 cm³/mol. The predicted octanol–water partition coefficient (Wildman–Crippen LogP) is 5.51. The number of halogens is 5. The fourth-order valence-corrected chi connectivity index (χ4v) is 5.76. The Hall–Kier alpha value is -0.470. The Morgan fingerprint density at radius 2 is 1.28 bits per heavy atom. The van der Waals surface area contributed by atoms with E-state index in [-0.39, 0.29) is 0 Å². The Labute approximate surface area is 168 Å². The molecule has 168 valence electrons. The first-order chi connectivity index (χ1) is 13.8. The van der Waals surface area contributed by atoms with E-state index in [1.54, 1.807) is 0 Å². The first-order valence-corrected chi connectivity index (χ1v) is 11.0. The van der Waals surface area contributed by atoms with Gasteiger partial charge in [-0.15, -0.1) is 0 Å². The van der Waals surface area contributed by atoms with Gasteiger partial charge in [-0.25, -0.2) is 13.2 Å². The van der Waals surface area contributed by atoms with Crippen molar-refractivity contribution in [1.29, 1.82) is 0 Å². The maximum atomic E-state index is 14.6. The molecule has 3 nitrogen and oxygen atoms in total. The van der Waals surface area contributed by atoms with E-state index in [1.165, 1.54) is 0 Å². The number of rotatable bonds is 4. The zero-order valence-corrected chi connectivity index (χ0v) is 16.6. The van der Waals surface area contributed by atoms with Crippen LogP contribution >= 0.6 is 0 Å². The van der Waals surface area contributed by atoms with Gasteiger partial charge in [-0.1, -0.05) is 0 Å². The quantitative estimate of drug-likeness (QED) is 0.555. The van der Waals surface area contributed by atoms with E-state index >= 15 is 0 Å². The summed E-state index contributed by atoms with van der Waals surface area (Å²) in [5.41, 5.74) is 0. The van der Waals surface area contributed by atoms with Crippen molar-refractivity contribution >= 4 is 0 Å². The molecule has 29 heavy (non-hydrogen) atoms. The highest BCUT2D eigenvalue weighted by molar-refractivity contribution is 4.90. The minimum Gasteiger partial charge on any atom is -0.348 e. The van der Waals surface area contributed by atoms with E-state index in [1.807, 2.05) is 0 Å². The molecule has 0 amide bonds. The third-order valence-electron chi connectivity index (χ3n) is 7.51. The van der Waals surface area contributed by atoms with Gasteiger partial charge in [0, 0.05) is 25.7 Å². The van der Waals surface area contributed by atoms with E-state index in [9.17, 15) is 22.0 Å². The molecule has 0 aromatic rings. The molecule has 0 radical (unpaired) electrons. The average Bonchev–Trinajstić information content (AvgIpc) is 3.14. The molecule has 1 aliphatic heterocycles. The fourth-order valence-electron chi connectivity index (χ4n) is 5.76. The molecule has 4 fully saturated rings. The molecule has 4 aliphatic rings. The summed E-state index contributed by atoms with van der Waals surface area (Å²) in [5.74, 6) is -0.443. The summed E-state index contributed by atoms with van der Waals surface area (Å²) in [7, 11) is 0. The number of alkyl halides is 5. The summed E-state index contributed by atoms with van der Waals surface area (Å²) < 4.78 is 85.8. The van der Waals surface area contributed by atoms with Crippen molar-refractivity contribution in [3.63, 3.8) is 0 Å². The van der Waals surface area contributed by atoms with Crippen LogP contribution in [0.3, 0.4) is 0 Å². The van der Waals surface area contributed by atoms with Crippen molar-refractivity contribution in [3.05, 3.63) is 0 Å². The van der Waals surface area contributed by atoms with Gasteiger partial charge < -0.3 is 14.2 Å². The zero-order valence-electron chi connectivity index (χ0n) is 16.6. The van der Waals surface area contributed by atoms with Gasteiger partial charge in [-0.2, -0.15) is 8.78 Å². The monoisotopic (exact) mass is 426 g/mol. The van der Waals surface area contributed by atoms with Crippen molar-refractivity contribution in [2.75, 3.05) is 13.2 Å². The molecular weight excluding hydrogens is 395 g/mol. The molecule has 3 saturated carbocycles. The highest BCUT2D eigenvalue weighted by atomic mass is 19.3. The van der Waals surface area contributed by atoms with Gasteiger partial charge in [0.15, 0.2) is 12.0 Å². The largest absolute Gasteiger partial charge is 0.358 e. The van der Waals surface area contributed by atoms with Gasteiger partial charge in [0.1, 0.15) is 12.3 Å². The van der Waals surface area contributed by atoms with Crippen LogP contribution in [0.1, 0.15) is 64.2 Å². The lowest BCUT2D eigenvalue weighted by atomic mass is 9.70. The zero-order chi connectivity index (χ0) is 20.6.